The molecule has 4 rings (SSSR count). The minimum atomic E-state index is -4.66. The minimum Gasteiger partial charge on any atom is -0.457 e. The second-order valence-electron chi connectivity index (χ2n) is 6.86. The predicted octanol–water partition coefficient (Wildman–Crippen LogP) is 3.69. The summed E-state index contributed by atoms with van der Waals surface area (Å²) in [6, 6.07) is 12.8. The van der Waals surface area contributed by atoms with Gasteiger partial charge in [0.2, 0.25) is 5.82 Å². The zero-order chi connectivity index (χ0) is 23.8. The zero-order valence-corrected chi connectivity index (χ0v) is 17.1. The predicted molar refractivity (Wildman–Crippen MR) is 112 cm³/mol. The summed E-state index contributed by atoms with van der Waals surface area (Å²) in [6.07, 6.45) is -3.26. The zero-order valence-electron chi connectivity index (χ0n) is 17.1. The number of ether oxygens (including phenoxy) is 1. The Balaban J connectivity index is 1.81. The SMILES string of the molecule is CNC(=O)c1cc(Oc2cccc(-n3c(C(N)=O)nc4c(C(F)(F)F)cccc43)c2)ccn1. The molecule has 2 aromatic carbocycles. The monoisotopic (exact) mass is 455 g/mol. The molecule has 0 unspecified atom stereocenters. The molecule has 8 nitrogen and oxygen atoms in total. The lowest BCUT2D eigenvalue weighted by molar-refractivity contribution is -0.136. The normalized spacial score (nSPS) is 11.4. The third-order valence-electron chi connectivity index (χ3n) is 4.71. The summed E-state index contributed by atoms with van der Waals surface area (Å²) < 4.78 is 47.4. The highest BCUT2D eigenvalue weighted by Gasteiger charge is 2.35. The Kier molecular flexibility index (Phi) is 5.46. The Morgan fingerprint density at radius 2 is 1.79 bits per heavy atom. The Morgan fingerprint density at radius 3 is 2.48 bits per heavy atom. The molecule has 0 bridgehead atoms. The van der Waals surface area contributed by atoms with Gasteiger partial charge in [-0.15, -0.1) is 0 Å². The molecular weight excluding hydrogens is 439 g/mol. The largest absolute Gasteiger partial charge is 0.457 e. The topological polar surface area (TPSA) is 112 Å². The quantitative estimate of drug-likeness (QED) is 0.477. The van der Waals surface area contributed by atoms with Crippen LogP contribution in [-0.2, 0) is 6.18 Å². The fraction of sp³-hybridized carbons (Fsp3) is 0.0909. The van der Waals surface area contributed by atoms with Gasteiger partial charge in [-0.3, -0.25) is 19.1 Å². The molecule has 11 heteroatoms. The molecule has 0 aliphatic heterocycles. The molecule has 168 valence electrons. The van der Waals surface area contributed by atoms with Gasteiger partial charge >= 0.3 is 6.18 Å². The van der Waals surface area contributed by atoms with Crippen LogP contribution in [0.3, 0.4) is 0 Å². The highest BCUT2D eigenvalue weighted by Crippen LogP contribution is 2.36. The van der Waals surface area contributed by atoms with Crippen molar-refractivity contribution in [2.24, 2.45) is 5.73 Å². The maximum atomic E-state index is 13.5. The van der Waals surface area contributed by atoms with Crippen molar-refractivity contribution in [1.82, 2.24) is 19.9 Å². The number of aromatic nitrogens is 3. The van der Waals surface area contributed by atoms with Crippen molar-refractivity contribution >= 4 is 22.8 Å². The molecule has 0 spiro atoms. The minimum absolute atomic E-state index is 0.0570. The van der Waals surface area contributed by atoms with Crippen LogP contribution >= 0.6 is 0 Å². The molecule has 0 aliphatic rings. The molecule has 0 saturated heterocycles. The number of hydrogen-bond acceptors (Lipinski definition) is 5. The van der Waals surface area contributed by atoms with Gasteiger partial charge < -0.3 is 15.8 Å². The molecule has 0 atom stereocenters. The van der Waals surface area contributed by atoms with Crippen LogP contribution in [0.5, 0.6) is 11.5 Å². The van der Waals surface area contributed by atoms with E-state index in [0.29, 0.717) is 17.2 Å². The maximum Gasteiger partial charge on any atom is 0.418 e. The third-order valence-corrected chi connectivity index (χ3v) is 4.71. The molecule has 0 aliphatic carbocycles. The lowest BCUT2D eigenvalue weighted by Crippen LogP contribution is -2.18. The van der Waals surface area contributed by atoms with E-state index in [2.05, 4.69) is 15.3 Å². The van der Waals surface area contributed by atoms with Gasteiger partial charge in [0.25, 0.3) is 11.8 Å². The Labute approximate surface area is 184 Å². The number of carbonyl (C=O) groups excluding carboxylic acids is 2. The number of rotatable bonds is 5. The number of alkyl halides is 3. The Morgan fingerprint density at radius 1 is 1.06 bits per heavy atom. The highest BCUT2D eigenvalue weighted by atomic mass is 19.4. The number of imidazole rings is 1. The third kappa shape index (κ3) is 4.20. The standard InChI is InChI=1S/C22H16F3N5O3/c1-27-21(32)16-11-14(8-9-28-16)33-13-5-2-4-12(10-13)30-17-7-3-6-15(22(23,24)25)18(17)29-20(30)19(26)31/h2-11H,1H3,(H2,26,31)(H,27,32). The lowest BCUT2D eigenvalue weighted by Gasteiger charge is -2.12. The molecule has 2 heterocycles. The Bertz CT molecular complexity index is 1380. The summed E-state index contributed by atoms with van der Waals surface area (Å²) in [5, 5.41) is 2.46. The first-order valence-corrected chi connectivity index (χ1v) is 9.54. The van der Waals surface area contributed by atoms with Gasteiger partial charge in [0.1, 0.15) is 22.7 Å². The van der Waals surface area contributed by atoms with E-state index in [4.69, 9.17) is 10.5 Å². The van der Waals surface area contributed by atoms with Crippen LogP contribution in [0.4, 0.5) is 13.2 Å². The number of halogens is 3. The van der Waals surface area contributed by atoms with E-state index in [1.54, 1.807) is 18.2 Å². The van der Waals surface area contributed by atoms with Crippen LogP contribution < -0.4 is 15.8 Å². The van der Waals surface area contributed by atoms with E-state index >= 15 is 0 Å². The molecular formula is C22H16F3N5O3. The summed E-state index contributed by atoms with van der Waals surface area (Å²) in [6.45, 7) is 0. The van der Waals surface area contributed by atoms with Crippen LogP contribution in [0.2, 0.25) is 0 Å². The molecule has 0 radical (unpaired) electrons. The molecule has 2 amide bonds. The summed E-state index contributed by atoms with van der Waals surface area (Å²) >= 11 is 0. The van der Waals surface area contributed by atoms with Crippen molar-refractivity contribution < 1.29 is 27.5 Å². The van der Waals surface area contributed by atoms with E-state index < -0.39 is 29.1 Å². The van der Waals surface area contributed by atoms with Crippen LogP contribution in [-0.4, -0.2) is 33.4 Å². The number of pyridine rings is 1. The van der Waals surface area contributed by atoms with Crippen molar-refractivity contribution in [3.05, 3.63) is 77.9 Å². The number of nitrogens with one attached hydrogen (secondary N) is 1. The number of nitrogens with zero attached hydrogens (tertiary/aromatic N) is 3. The van der Waals surface area contributed by atoms with Crippen LogP contribution in [0, 0.1) is 0 Å². The van der Waals surface area contributed by atoms with Crippen LogP contribution in [0.15, 0.2) is 60.8 Å². The van der Waals surface area contributed by atoms with Crippen LogP contribution in [0.1, 0.15) is 26.7 Å². The van der Waals surface area contributed by atoms with Gasteiger partial charge in [-0.1, -0.05) is 12.1 Å². The first-order chi connectivity index (χ1) is 15.7. The van der Waals surface area contributed by atoms with E-state index in [-0.39, 0.29) is 17.0 Å². The molecule has 4 aromatic rings. The average Bonchev–Trinajstić information content (AvgIpc) is 3.18. The summed E-state index contributed by atoms with van der Waals surface area (Å²) in [5.41, 5.74) is 4.55. The lowest BCUT2D eigenvalue weighted by atomic mass is 10.1. The van der Waals surface area contributed by atoms with Crippen molar-refractivity contribution in [2.45, 2.75) is 6.18 Å². The second kappa shape index (κ2) is 8.26. The summed E-state index contributed by atoms with van der Waals surface area (Å²) in [7, 11) is 1.47. The fourth-order valence-corrected chi connectivity index (χ4v) is 3.30. The number of hydrogen-bond donors (Lipinski definition) is 2. The summed E-state index contributed by atoms with van der Waals surface area (Å²) in [4.78, 5) is 31.6. The number of benzene rings is 2. The maximum absolute atomic E-state index is 13.5. The van der Waals surface area contributed by atoms with Gasteiger partial charge in [0, 0.05) is 25.4 Å². The van der Waals surface area contributed by atoms with E-state index in [1.165, 1.54) is 48.1 Å². The number of primary amides is 1. The van der Waals surface area contributed by atoms with Crippen LogP contribution in [0.25, 0.3) is 16.7 Å². The first-order valence-electron chi connectivity index (χ1n) is 9.54. The fourth-order valence-electron chi connectivity index (χ4n) is 3.30. The van der Waals surface area contributed by atoms with Gasteiger partial charge in [-0.05, 0) is 30.3 Å². The average molecular weight is 455 g/mol. The molecule has 0 saturated carbocycles. The highest BCUT2D eigenvalue weighted by molar-refractivity contribution is 5.96. The van der Waals surface area contributed by atoms with Gasteiger partial charge in [-0.25, -0.2) is 4.98 Å². The molecule has 2 aromatic heterocycles. The second-order valence-corrected chi connectivity index (χ2v) is 6.86. The van der Waals surface area contributed by atoms with E-state index in [9.17, 15) is 22.8 Å². The van der Waals surface area contributed by atoms with Gasteiger partial charge in [-0.2, -0.15) is 13.2 Å². The number of carbonyl (C=O) groups is 2. The van der Waals surface area contributed by atoms with E-state index in [1.807, 2.05) is 0 Å². The van der Waals surface area contributed by atoms with E-state index in [0.717, 1.165) is 6.07 Å². The Hall–Kier alpha value is -4.41. The number of amides is 2. The summed E-state index contributed by atoms with van der Waals surface area (Å²) in [5.74, 6) is -1.14. The van der Waals surface area contributed by atoms with Gasteiger partial charge in [0.15, 0.2) is 0 Å². The molecule has 33 heavy (non-hydrogen) atoms. The number of para-hydroxylation sites is 1. The van der Waals surface area contributed by atoms with Crippen molar-refractivity contribution in [1.29, 1.82) is 0 Å². The van der Waals surface area contributed by atoms with Gasteiger partial charge in [0.05, 0.1) is 16.8 Å². The smallest absolute Gasteiger partial charge is 0.418 e. The number of nitrogens with two attached hydrogens (primary N) is 1. The molecule has 0 fully saturated rings. The number of fused-ring (bicyclic) bond motifs is 1. The van der Waals surface area contributed by atoms with Crippen molar-refractivity contribution in [3.8, 4) is 17.2 Å². The van der Waals surface area contributed by atoms with Crippen molar-refractivity contribution in [3.63, 3.8) is 0 Å². The molecule has 3 N–H and O–H groups in total. The first kappa shape index (κ1) is 21.8. The van der Waals surface area contributed by atoms with Crippen molar-refractivity contribution in [2.75, 3.05) is 7.05 Å².